The summed E-state index contributed by atoms with van der Waals surface area (Å²) >= 11 is 3.38. The van der Waals surface area contributed by atoms with E-state index >= 15 is 0 Å². The van der Waals surface area contributed by atoms with Gasteiger partial charge in [-0.15, -0.1) is 0 Å². The molecule has 1 aromatic rings. The van der Waals surface area contributed by atoms with Gasteiger partial charge in [0.1, 0.15) is 18.5 Å². The average Bonchev–Trinajstić information content (AvgIpc) is 3.03. The van der Waals surface area contributed by atoms with E-state index in [2.05, 4.69) is 28.2 Å². The second kappa shape index (κ2) is 5.38. The normalized spacial score (nSPS) is 18.8. The lowest BCUT2D eigenvalue weighted by Gasteiger charge is -2.16. The summed E-state index contributed by atoms with van der Waals surface area (Å²) < 4.78 is 6.49. The van der Waals surface area contributed by atoms with E-state index in [0.717, 1.165) is 10.2 Å². The summed E-state index contributed by atoms with van der Waals surface area (Å²) in [4.78, 5) is 0. The lowest BCUT2D eigenvalue weighted by Crippen LogP contribution is -2.37. The Morgan fingerprint density at radius 1 is 1.53 bits per heavy atom. The monoisotopic (exact) mass is 299 g/mol. The Bertz CT molecular complexity index is 379. The predicted molar refractivity (Wildman–Crippen MR) is 71.3 cm³/mol. The minimum atomic E-state index is -0.466. The van der Waals surface area contributed by atoms with Crippen molar-refractivity contribution in [2.45, 2.75) is 31.4 Å². The predicted octanol–water partition coefficient (Wildman–Crippen LogP) is 2.33. The Hall–Kier alpha value is -0.580. The van der Waals surface area contributed by atoms with Gasteiger partial charge in [-0.3, -0.25) is 0 Å². The van der Waals surface area contributed by atoms with Crippen LogP contribution < -0.4 is 10.1 Å². The van der Waals surface area contributed by atoms with Crippen molar-refractivity contribution < 1.29 is 9.84 Å². The molecule has 0 radical (unpaired) electrons. The van der Waals surface area contributed by atoms with Gasteiger partial charge in [0.25, 0.3) is 0 Å². The van der Waals surface area contributed by atoms with Gasteiger partial charge in [0.2, 0.25) is 0 Å². The van der Waals surface area contributed by atoms with Gasteiger partial charge in [-0.1, -0.05) is 22.0 Å². The highest BCUT2D eigenvalue weighted by molar-refractivity contribution is 9.10. The average molecular weight is 300 g/mol. The summed E-state index contributed by atoms with van der Waals surface area (Å²) in [6.07, 6.45) is 1.93. The number of hydrogen-bond acceptors (Lipinski definition) is 3. The van der Waals surface area contributed by atoms with Gasteiger partial charge in [-0.25, -0.2) is 0 Å². The van der Waals surface area contributed by atoms with Gasteiger partial charge in [0.15, 0.2) is 0 Å². The van der Waals surface area contributed by atoms with Gasteiger partial charge in [0.05, 0.1) is 0 Å². The summed E-state index contributed by atoms with van der Waals surface area (Å²) in [6, 6.07) is 7.63. The molecule has 1 aliphatic rings. The minimum Gasteiger partial charge on any atom is -0.491 e. The SMILES string of the molecule is CC1(NCC(O)COc2cccc(Br)c2)CC1. The number of rotatable bonds is 6. The molecule has 2 rings (SSSR count). The summed E-state index contributed by atoms with van der Waals surface area (Å²) in [5.74, 6) is 0.774. The van der Waals surface area contributed by atoms with Crippen molar-refractivity contribution in [3.63, 3.8) is 0 Å². The number of hydrogen-bond donors (Lipinski definition) is 2. The highest BCUT2D eigenvalue weighted by Gasteiger charge is 2.36. The van der Waals surface area contributed by atoms with Gasteiger partial charge < -0.3 is 15.2 Å². The van der Waals surface area contributed by atoms with Gasteiger partial charge in [-0.05, 0) is 38.0 Å². The molecule has 1 fully saturated rings. The van der Waals surface area contributed by atoms with E-state index in [0.29, 0.717) is 13.2 Å². The standard InChI is InChI=1S/C13H18BrNO2/c1-13(5-6-13)15-8-11(16)9-17-12-4-2-3-10(14)7-12/h2-4,7,11,15-16H,5-6,8-9H2,1H3. The molecule has 1 aliphatic carbocycles. The fourth-order valence-electron chi connectivity index (χ4n) is 1.54. The van der Waals surface area contributed by atoms with E-state index in [1.807, 2.05) is 24.3 Å². The summed E-state index contributed by atoms with van der Waals surface area (Å²) in [5, 5.41) is 13.1. The van der Waals surface area contributed by atoms with Crippen LogP contribution in [0.4, 0.5) is 0 Å². The molecule has 0 saturated heterocycles. The zero-order valence-electron chi connectivity index (χ0n) is 9.95. The number of nitrogens with one attached hydrogen (secondary N) is 1. The van der Waals surface area contributed by atoms with Crippen LogP contribution in [0.1, 0.15) is 19.8 Å². The zero-order chi connectivity index (χ0) is 12.3. The van der Waals surface area contributed by atoms with E-state index < -0.39 is 6.10 Å². The first-order chi connectivity index (χ1) is 8.07. The molecule has 17 heavy (non-hydrogen) atoms. The van der Waals surface area contributed by atoms with Crippen LogP contribution >= 0.6 is 15.9 Å². The molecule has 1 atom stereocenters. The quantitative estimate of drug-likeness (QED) is 0.847. The lowest BCUT2D eigenvalue weighted by atomic mass is 10.3. The van der Waals surface area contributed by atoms with Crippen LogP contribution in [0.3, 0.4) is 0 Å². The highest BCUT2D eigenvalue weighted by Crippen LogP contribution is 2.34. The van der Waals surface area contributed by atoms with Crippen molar-refractivity contribution in [2.24, 2.45) is 0 Å². The Morgan fingerprint density at radius 2 is 2.29 bits per heavy atom. The molecule has 2 N–H and O–H groups in total. The first-order valence-corrected chi connectivity index (χ1v) is 6.68. The number of halogens is 1. The maximum atomic E-state index is 9.77. The molecule has 0 amide bonds. The fraction of sp³-hybridized carbons (Fsp3) is 0.538. The summed E-state index contributed by atoms with van der Waals surface area (Å²) in [6.45, 7) is 3.08. The molecule has 3 nitrogen and oxygen atoms in total. The maximum absolute atomic E-state index is 9.77. The van der Waals surface area contributed by atoms with Crippen molar-refractivity contribution in [3.05, 3.63) is 28.7 Å². The second-order valence-corrected chi connectivity index (χ2v) is 5.78. The van der Waals surface area contributed by atoms with Crippen LogP contribution in [0.5, 0.6) is 5.75 Å². The molecule has 0 aromatic heterocycles. The van der Waals surface area contributed by atoms with Gasteiger partial charge in [-0.2, -0.15) is 0 Å². The highest BCUT2D eigenvalue weighted by atomic mass is 79.9. The molecular formula is C13H18BrNO2. The van der Waals surface area contributed by atoms with Crippen molar-refractivity contribution in [1.82, 2.24) is 5.32 Å². The van der Waals surface area contributed by atoms with Crippen molar-refractivity contribution in [2.75, 3.05) is 13.2 Å². The number of β-amino-alcohol motifs (C(OH)–C–C–N with tert-alkyl or cyclic N) is 1. The Balaban J connectivity index is 1.70. The summed E-state index contributed by atoms with van der Waals surface area (Å²) in [5.41, 5.74) is 0.261. The van der Waals surface area contributed by atoms with Crippen LogP contribution in [0.15, 0.2) is 28.7 Å². The van der Waals surface area contributed by atoms with Gasteiger partial charge in [0, 0.05) is 16.6 Å². The van der Waals surface area contributed by atoms with Crippen LogP contribution in [0, 0.1) is 0 Å². The molecule has 1 saturated carbocycles. The number of benzene rings is 1. The third kappa shape index (κ3) is 4.30. The first kappa shape index (κ1) is 12.9. The molecule has 1 unspecified atom stereocenters. The zero-order valence-corrected chi connectivity index (χ0v) is 11.5. The second-order valence-electron chi connectivity index (χ2n) is 4.86. The minimum absolute atomic E-state index is 0.261. The van der Waals surface area contributed by atoms with Crippen LogP contribution in [-0.2, 0) is 0 Å². The Kier molecular flexibility index (Phi) is 4.07. The largest absolute Gasteiger partial charge is 0.491 e. The third-order valence-corrected chi connectivity index (χ3v) is 3.50. The van der Waals surface area contributed by atoms with Crippen molar-refractivity contribution >= 4 is 15.9 Å². The van der Waals surface area contributed by atoms with E-state index in [-0.39, 0.29) is 5.54 Å². The van der Waals surface area contributed by atoms with Crippen LogP contribution in [-0.4, -0.2) is 29.9 Å². The number of ether oxygens (including phenoxy) is 1. The number of aliphatic hydroxyl groups excluding tert-OH is 1. The van der Waals surface area contributed by atoms with Crippen molar-refractivity contribution in [1.29, 1.82) is 0 Å². The summed E-state index contributed by atoms with van der Waals surface area (Å²) in [7, 11) is 0. The molecule has 94 valence electrons. The Morgan fingerprint density at radius 3 is 2.94 bits per heavy atom. The molecule has 0 spiro atoms. The molecular weight excluding hydrogens is 282 g/mol. The number of aliphatic hydroxyl groups is 1. The fourth-order valence-corrected chi connectivity index (χ4v) is 1.91. The lowest BCUT2D eigenvalue weighted by molar-refractivity contribution is 0.103. The van der Waals surface area contributed by atoms with E-state index in [4.69, 9.17) is 4.74 Å². The molecule has 0 aliphatic heterocycles. The molecule has 0 bridgehead atoms. The van der Waals surface area contributed by atoms with Gasteiger partial charge >= 0.3 is 0 Å². The third-order valence-electron chi connectivity index (χ3n) is 3.00. The van der Waals surface area contributed by atoms with Crippen LogP contribution in [0.2, 0.25) is 0 Å². The maximum Gasteiger partial charge on any atom is 0.120 e. The topological polar surface area (TPSA) is 41.5 Å². The first-order valence-electron chi connectivity index (χ1n) is 5.89. The smallest absolute Gasteiger partial charge is 0.120 e. The van der Waals surface area contributed by atoms with Crippen molar-refractivity contribution in [3.8, 4) is 5.75 Å². The van der Waals surface area contributed by atoms with E-state index in [1.54, 1.807) is 0 Å². The molecule has 4 heteroatoms. The van der Waals surface area contributed by atoms with E-state index in [9.17, 15) is 5.11 Å². The molecule has 0 heterocycles. The van der Waals surface area contributed by atoms with Crippen LogP contribution in [0.25, 0.3) is 0 Å². The Labute approximate surface area is 110 Å². The van der Waals surface area contributed by atoms with E-state index in [1.165, 1.54) is 12.8 Å². The molecule has 1 aromatic carbocycles.